The van der Waals surface area contributed by atoms with Crippen molar-refractivity contribution in [2.24, 2.45) is 5.41 Å². The van der Waals surface area contributed by atoms with Crippen LogP contribution in [0, 0.1) is 5.41 Å². The van der Waals surface area contributed by atoms with Gasteiger partial charge >= 0.3 is 0 Å². The minimum Gasteiger partial charge on any atom is -0.549 e. The van der Waals surface area contributed by atoms with Crippen LogP contribution < -0.4 is 10.2 Å². The van der Waals surface area contributed by atoms with Crippen LogP contribution in [0.25, 0.3) is 0 Å². The van der Waals surface area contributed by atoms with Crippen LogP contribution in [0.3, 0.4) is 0 Å². The van der Waals surface area contributed by atoms with Crippen molar-refractivity contribution in [3.8, 4) is 0 Å². The molecule has 0 aliphatic heterocycles. The third-order valence-electron chi connectivity index (χ3n) is 3.11. The second-order valence-corrected chi connectivity index (χ2v) is 4.31. The predicted molar refractivity (Wildman–Crippen MR) is 57.4 cm³/mol. The number of carbonyl (C=O) groups excluding carboxylic acids is 2. The molecule has 0 radical (unpaired) electrons. The number of aromatic nitrogens is 8. The number of H-pyrrole nitrogens is 2. The molecule has 0 fully saturated rings. The van der Waals surface area contributed by atoms with E-state index in [-0.39, 0.29) is 37.3 Å². The number of rotatable bonds is 8. The van der Waals surface area contributed by atoms with Gasteiger partial charge in [-0.15, -0.1) is 20.4 Å². The molecule has 0 amide bonds. The van der Waals surface area contributed by atoms with E-state index >= 15 is 0 Å². The molecule has 2 aromatic heterocycles. The van der Waals surface area contributed by atoms with E-state index < -0.39 is 17.4 Å². The summed E-state index contributed by atoms with van der Waals surface area (Å²) in [6.07, 6.45) is -0.612. The third kappa shape index (κ3) is 3.16. The highest BCUT2D eigenvalue weighted by molar-refractivity contribution is 5.96. The lowest BCUT2D eigenvalue weighted by atomic mass is 9.79. The molecule has 0 spiro atoms. The van der Waals surface area contributed by atoms with E-state index in [1.807, 2.05) is 0 Å². The zero-order valence-corrected chi connectivity index (χ0v) is 10.6. The van der Waals surface area contributed by atoms with Crippen LogP contribution in [-0.4, -0.2) is 53.2 Å². The minimum absolute atomic E-state index is 0.00922. The lowest BCUT2D eigenvalue weighted by Gasteiger charge is -2.35. The summed E-state index contributed by atoms with van der Waals surface area (Å²) in [7, 11) is 0. The smallest absolute Gasteiger partial charge is 0.174 e. The highest BCUT2D eigenvalue weighted by Gasteiger charge is 2.34. The molecular weight excluding hydrogens is 284 g/mol. The summed E-state index contributed by atoms with van der Waals surface area (Å²) in [5.41, 5.74) is -2.19. The third-order valence-corrected chi connectivity index (χ3v) is 3.11. The van der Waals surface area contributed by atoms with Crippen molar-refractivity contribution in [1.29, 1.82) is 0 Å². The first-order valence-electron chi connectivity index (χ1n) is 5.92. The summed E-state index contributed by atoms with van der Waals surface area (Å²) in [4.78, 5) is 22.6. The zero-order valence-electron chi connectivity index (χ0n) is 10.6. The Labute approximate surface area is 117 Å². The molecule has 0 aliphatic rings. The Morgan fingerprint density at radius 2 is 1.33 bits per heavy atom. The van der Waals surface area contributed by atoms with E-state index in [1.54, 1.807) is 0 Å². The zero-order chi connectivity index (χ0) is 15.3. The highest BCUT2D eigenvalue weighted by Crippen LogP contribution is 2.28. The van der Waals surface area contributed by atoms with Gasteiger partial charge in [-0.1, -0.05) is 10.4 Å². The number of aromatic amines is 2. The molecule has 12 nitrogen and oxygen atoms in total. The number of nitrogens with one attached hydrogen (secondary N) is 2. The van der Waals surface area contributed by atoms with Crippen LogP contribution >= 0.6 is 0 Å². The van der Waals surface area contributed by atoms with E-state index in [1.165, 1.54) is 0 Å². The van der Waals surface area contributed by atoms with Crippen molar-refractivity contribution in [2.45, 2.75) is 25.7 Å². The maximum Gasteiger partial charge on any atom is 0.174 e. The quantitative estimate of drug-likeness (QED) is 0.451. The Hall–Kier alpha value is -2.92. The average Bonchev–Trinajstić information content (AvgIpc) is 3.11. The van der Waals surface area contributed by atoms with Crippen LogP contribution in [0.5, 0.6) is 0 Å². The summed E-state index contributed by atoms with van der Waals surface area (Å²) in [5, 5.41) is 48.2. The number of aryl methyl sites for hydroxylation is 2. The number of carboxylic acids is 2. The Morgan fingerprint density at radius 3 is 1.62 bits per heavy atom. The van der Waals surface area contributed by atoms with Gasteiger partial charge in [0.05, 0.1) is 17.4 Å². The van der Waals surface area contributed by atoms with Crippen molar-refractivity contribution >= 4 is 11.9 Å². The van der Waals surface area contributed by atoms with Crippen LogP contribution in [0.4, 0.5) is 0 Å². The predicted octanol–water partition coefficient (Wildman–Crippen LogP) is -4.24. The van der Waals surface area contributed by atoms with E-state index in [0.717, 1.165) is 0 Å². The van der Waals surface area contributed by atoms with Gasteiger partial charge in [-0.2, -0.15) is 10.4 Å². The molecule has 0 bridgehead atoms. The van der Waals surface area contributed by atoms with E-state index in [0.29, 0.717) is 0 Å². The Balaban J connectivity index is 2.12. The molecule has 2 aromatic rings. The number of hydrogen-bond donors (Lipinski definition) is 2. The molecule has 0 saturated carbocycles. The molecule has 112 valence electrons. The lowest BCUT2D eigenvalue weighted by molar-refractivity contribution is -0.344. The first kappa shape index (κ1) is 14.5. The average molecular weight is 294 g/mol. The Bertz CT molecular complexity index is 541. The fourth-order valence-electron chi connectivity index (χ4n) is 1.84. The molecule has 0 unspecified atom stereocenters. The monoisotopic (exact) mass is 294 g/mol. The second kappa shape index (κ2) is 6.02. The number of carboxylic acid groups (broad SMARTS) is 2. The van der Waals surface area contributed by atoms with Crippen LogP contribution in [0.2, 0.25) is 0 Å². The van der Waals surface area contributed by atoms with E-state index in [4.69, 9.17) is 0 Å². The lowest BCUT2D eigenvalue weighted by Crippen LogP contribution is -2.54. The summed E-state index contributed by atoms with van der Waals surface area (Å²) >= 11 is 0. The van der Waals surface area contributed by atoms with Crippen molar-refractivity contribution in [1.82, 2.24) is 41.2 Å². The number of carbonyl (C=O) groups is 2. The molecule has 0 saturated heterocycles. The normalized spacial score (nSPS) is 11.4. The topological polar surface area (TPSA) is 189 Å². The van der Waals surface area contributed by atoms with Crippen LogP contribution in [0.1, 0.15) is 24.5 Å². The summed E-state index contributed by atoms with van der Waals surface area (Å²) in [6.45, 7) is 0. The van der Waals surface area contributed by atoms with E-state index in [2.05, 4.69) is 41.2 Å². The SMILES string of the molecule is O=C([O-])C(CCc1nn[nH]n1)(CCc1nn[nH]n1)C(=O)[O-]. The van der Waals surface area contributed by atoms with Crippen LogP contribution in [-0.2, 0) is 22.4 Å². The first-order valence-corrected chi connectivity index (χ1v) is 5.92. The maximum atomic E-state index is 11.3. The van der Waals surface area contributed by atoms with Gasteiger partial charge in [0.15, 0.2) is 11.6 Å². The first-order chi connectivity index (χ1) is 10.0. The minimum atomic E-state index is -2.19. The van der Waals surface area contributed by atoms with Gasteiger partial charge in [0, 0.05) is 12.8 Å². The molecular formula is C9H10N8O4-2. The molecule has 2 rings (SSSR count). The van der Waals surface area contributed by atoms with Crippen molar-refractivity contribution < 1.29 is 19.8 Å². The molecule has 0 atom stereocenters. The van der Waals surface area contributed by atoms with Gasteiger partial charge in [0.2, 0.25) is 0 Å². The van der Waals surface area contributed by atoms with Gasteiger partial charge < -0.3 is 19.8 Å². The number of nitrogens with zero attached hydrogens (tertiary/aromatic N) is 6. The van der Waals surface area contributed by atoms with Gasteiger partial charge in [-0.3, -0.25) is 0 Å². The number of aliphatic carboxylic acids is 2. The molecule has 0 aliphatic carbocycles. The van der Waals surface area contributed by atoms with Gasteiger partial charge in [0.1, 0.15) is 0 Å². The summed E-state index contributed by atoms with van der Waals surface area (Å²) < 4.78 is 0. The van der Waals surface area contributed by atoms with Crippen molar-refractivity contribution in [3.63, 3.8) is 0 Å². The molecule has 0 aromatic carbocycles. The Kier molecular flexibility index (Phi) is 4.15. The number of tetrazole rings is 2. The second-order valence-electron chi connectivity index (χ2n) is 4.31. The molecule has 21 heavy (non-hydrogen) atoms. The van der Waals surface area contributed by atoms with Crippen molar-refractivity contribution in [3.05, 3.63) is 11.6 Å². The summed E-state index contributed by atoms with van der Waals surface area (Å²) in [6, 6.07) is 0. The summed E-state index contributed by atoms with van der Waals surface area (Å²) in [5.74, 6) is -3.09. The van der Waals surface area contributed by atoms with Gasteiger partial charge in [0.25, 0.3) is 0 Å². The molecule has 2 heterocycles. The molecule has 2 N–H and O–H groups in total. The fraction of sp³-hybridized carbons (Fsp3) is 0.556. The van der Waals surface area contributed by atoms with Crippen molar-refractivity contribution in [2.75, 3.05) is 0 Å². The number of hydrogen-bond acceptors (Lipinski definition) is 10. The largest absolute Gasteiger partial charge is 0.549 e. The highest BCUT2D eigenvalue weighted by atomic mass is 16.4. The maximum absolute atomic E-state index is 11.3. The van der Waals surface area contributed by atoms with Gasteiger partial charge in [-0.05, 0) is 12.8 Å². The van der Waals surface area contributed by atoms with E-state index in [9.17, 15) is 19.8 Å². The standard InChI is InChI=1S/C9H12N8O4/c18-7(19)9(8(20)21,3-1-5-10-14-15-11-5)4-2-6-12-16-17-13-6/h1-4H2,(H,18,19)(H,20,21)(H,10,11,14,15)(H,12,13,16,17)/p-2. The molecule has 12 heteroatoms. The van der Waals surface area contributed by atoms with Gasteiger partial charge in [-0.25, -0.2) is 0 Å². The fourth-order valence-corrected chi connectivity index (χ4v) is 1.84. The van der Waals surface area contributed by atoms with Crippen LogP contribution in [0.15, 0.2) is 0 Å². The Morgan fingerprint density at radius 1 is 0.905 bits per heavy atom.